The fourth-order valence-electron chi connectivity index (χ4n) is 4.05. The SMILES string of the molecule is CC(C)Cn1c(SCc2ccc(Cl)cc2)nc2cc(C(=O)NC3CCCC3)ccc2c1=O. The Bertz CT molecular complexity index is 1170. The molecule has 1 N–H and O–H groups in total. The van der Waals surface area contributed by atoms with E-state index < -0.39 is 0 Å². The molecule has 0 atom stereocenters. The molecule has 0 radical (unpaired) electrons. The zero-order chi connectivity index (χ0) is 22.7. The minimum atomic E-state index is -0.0951. The molecule has 0 aliphatic heterocycles. The van der Waals surface area contributed by atoms with E-state index in [1.165, 1.54) is 11.8 Å². The van der Waals surface area contributed by atoms with Gasteiger partial charge in [0, 0.05) is 28.9 Å². The summed E-state index contributed by atoms with van der Waals surface area (Å²) in [6, 6.07) is 13.1. The number of hydrogen-bond donors (Lipinski definition) is 1. The lowest BCUT2D eigenvalue weighted by atomic mass is 10.1. The maximum atomic E-state index is 13.3. The van der Waals surface area contributed by atoms with E-state index in [9.17, 15) is 9.59 Å². The normalized spacial score (nSPS) is 14.4. The molecule has 3 aromatic rings. The topological polar surface area (TPSA) is 64.0 Å². The first-order chi connectivity index (χ1) is 15.4. The highest BCUT2D eigenvalue weighted by atomic mass is 35.5. The lowest BCUT2D eigenvalue weighted by Gasteiger charge is -2.16. The van der Waals surface area contributed by atoms with Crippen molar-refractivity contribution in [2.45, 2.75) is 63.0 Å². The standard InChI is InChI=1S/C25H28ClN3O2S/c1-16(2)14-29-24(31)21-12-9-18(23(30)27-20-5-3-4-6-20)13-22(21)28-25(29)32-15-17-7-10-19(26)11-8-17/h7-13,16,20H,3-6,14-15H2,1-2H3,(H,27,30). The lowest BCUT2D eigenvalue weighted by molar-refractivity contribution is 0.0938. The molecule has 1 aliphatic rings. The molecular weight excluding hydrogens is 442 g/mol. The number of amides is 1. The van der Waals surface area contributed by atoms with Crippen LogP contribution in [0.25, 0.3) is 10.9 Å². The Hall–Kier alpha value is -2.31. The molecule has 5 nitrogen and oxygen atoms in total. The first-order valence-corrected chi connectivity index (χ1v) is 12.5. The Labute approximate surface area is 197 Å². The first kappa shape index (κ1) is 22.9. The van der Waals surface area contributed by atoms with Gasteiger partial charge >= 0.3 is 0 Å². The molecule has 1 aliphatic carbocycles. The van der Waals surface area contributed by atoms with Gasteiger partial charge in [0.25, 0.3) is 11.5 Å². The lowest BCUT2D eigenvalue weighted by Crippen LogP contribution is -2.32. The number of fused-ring (bicyclic) bond motifs is 1. The van der Waals surface area contributed by atoms with Crippen LogP contribution in [0, 0.1) is 5.92 Å². The summed E-state index contributed by atoms with van der Waals surface area (Å²) in [6.07, 6.45) is 4.38. The van der Waals surface area contributed by atoms with E-state index in [0.29, 0.717) is 44.9 Å². The van der Waals surface area contributed by atoms with Crippen LogP contribution < -0.4 is 10.9 Å². The van der Waals surface area contributed by atoms with Gasteiger partial charge in [0.2, 0.25) is 0 Å². The highest BCUT2D eigenvalue weighted by molar-refractivity contribution is 7.98. The second-order valence-corrected chi connectivity index (χ2v) is 10.2. The molecule has 1 fully saturated rings. The number of aromatic nitrogens is 2. The van der Waals surface area contributed by atoms with Crippen molar-refractivity contribution in [2.24, 2.45) is 5.92 Å². The van der Waals surface area contributed by atoms with Crippen LogP contribution >= 0.6 is 23.4 Å². The monoisotopic (exact) mass is 469 g/mol. The summed E-state index contributed by atoms with van der Waals surface area (Å²) in [5, 5.41) is 5.02. The predicted octanol–water partition coefficient (Wildman–Crippen LogP) is 5.67. The first-order valence-electron chi connectivity index (χ1n) is 11.1. The van der Waals surface area contributed by atoms with Crippen LogP contribution in [0.5, 0.6) is 0 Å². The molecule has 7 heteroatoms. The van der Waals surface area contributed by atoms with Crippen LogP contribution in [-0.4, -0.2) is 21.5 Å². The predicted molar refractivity (Wildman–Crippen MR) is 132 cm³/mol. The fourth-order valence-corrected chi connectivity index (χ4v) is 5.14. The van der Waals surface area contributed by atoms with E-state index in [1.54, 1.807) is 22.8 Å². The van der Waals surface area contributed by atoms with Crippen LogP contribution in [0.1, 0.15) is 55.5 Å². The van der Waals surface area contributed by atoms with Crippen molar-refractivity contribution in [3.05, 3.63) is 69.0 Å². The number of nitrogens with zero attached hydrogens (tertiary/aromatic N) is 2. The van der Waals surface area contributed by atoms with Gasteiger partial charge in [-0.05, 0) is 54.7 Å². The maximum Gasteiger partial charge on any atom is 0.262 e. The Balaban J connectivity index is 1.66. The van der Waals surface area contributed by atoms with E-state index in [2.05, 4.69) is 19.2 Å². The van der Waals surface area contributed by atoms with Crippen molar-refractivity contribution >= 4 is 40.2 Å². The number of benzene rings is 2. The summed E-state index contributed by atoms with van der Waals surface area (Å²) in [5.74, 6) is 0.885. The number of thioether (sulfide) groups is 1. The third-order valence-electron chi connectivity index (χ3n) is 5.70. The number of rotatable bonds is 7. The number of nitrogens with one attached hydrogen (secondary N) is 1. The molecule has 2 aromatic carbocycles. The van der Waals surface area contributed by atoms with Gasteiger partial charge in [0.1, 0.15) is 0 Å². The molecule has 4 rings (SSSR count). The third-order valence-corrected chi connectivity index (χ3v) is 7.00. The second-order valence-electron chi connectivity index (χ2n) is 8.81. The van der Waals surface area contributed by atoms with Gasteiger partial charge in [-0.25, -0.2) is 4.98 Å². The van der Waals surface area contributed by atoms with Gasteiger partial charge in [0.05, 0.1) is 10.9 Å². The summed E-state index contributed by atoms with van der Waals surface area (Å²) in [4.78, 5) is 30.8. The van der Waals surface area contributed by atoms with E-state index in [-0.39, 0.29) is 17.5 Å². The van der Waals surface area contributed by atoms with E-state index >= 15 is 0 Å². The summed E-state index contributed by atoms with van der Waals surface area (Å²) < 4.78 is 1.76. The number of carbonyl (C=O) groups is 1. The van der Waals surface area contributed by atoms with Crippen LogP contribution in [0.3, 0.4) is 0 Å². The van der Waals surface area contributed by atoms with Crippen LogP contribution in [0.2, 0.25) is 5.02 Å². The van der Waals surface area contributed by atoms with Crippen LogP contribution in [0.15, 0.2) is 52.4 Å². The molecule has 0 saturated heterocycles. The van der Waals surface area contributed by atoms with Gasteiger partial charge < -0.3 is 5.32 Å². The van der Waals surface area contributed by atoms with Gasteiger partial charge in [-0.3, -0.25) is 14.2 Å². The smallest absolute Gasteiger partial charge is 0.262 e. The van der Waals surface area contributed by atoms with Crippen molar-refractivity contribution in [3.8, 4) is 0 Å². The minimum Gasteiger partial charge on any atom is -0.349 e. The average Bonchev–Trinajstić information content (AvgIpc) is 3.28. The molecule has 0 spiro atoms. The fraction of sp³-hybridized carbons (Fsp3) is 0.400. The largest absolute Gasteiger partial charge is 0.349 e. The van der Waals surface area contributed by atoms with E-state index in [0.717, 1.165) is 31.2 Å². The van der Waals surface area contributed by atoms with Gasteiger partial charge in [-0.2, -0.15) is 0 Å². The number of halogens is 1. The summed E-state index contributed by atoms with van der Waals surface area (Å²) in [7, 11) is 0. The van der Waals surface area contributed by atoms with Crippen molar-refractivity contribution in [1.82, 2.24) is 14.9 Å². The molecule has 0 bridgehead atoms. The average molecular weight is 470 g/mol. The highest BCUT2D eigenvalue weighted by Crippen LogP contribution is 2.24. The van der Waals surface area contributed by atoms with Crippen molar-refractivity contribution < 1.29 is 4.79 Å². The summed E-state index contributed by atoms with van der Waals surface area (Å²) >= 11 is 7.52. The van der Waals surface area contributed by atoms with Crippen molar-refractivity contribution in [2.75, 3.05) is 0 Å². The maximum absolute atomic E-state index is 13.3. The van der Waals surface area contributed by atoms with Gasteiger partial charge in [0.15, 0.2) is 5.16 Å². The zero-order valence-electron chi connectivity index (χ0n) is 18.4. The summed E-state index contributed by atoms with van der Waals surface area (Å²) in [5.41, 5.74) is 2.15. The van der Waals surface area contributed by atoms with E-state index in [4.69, 9.17) is 16.6 Å². The molecule has 0 unspecified atom stereocenters. The molecule has 1 saturated carbocycles. The zero-order valence-corrected chi connectivity index (χ0v) is 20.0. The quantitative estimate of drug-likeness (QED) is 0.357. The Morgan fingerprint density at radius 2 is 1.91 bits per heavy atom. The Kier molecular flexibility index (Phi) is 7.21. The van der Waals surface area contributed by atoms with Crippen molar-refractivity contribution in [1.29, 1.82) is 0 Å². The van der Waals surface area contributed by atoms with Crippen LogP contribution in [0.4, 0.5) is 0 Å². The Morgan fingerprint density at radius 1 is 1.19 bits per heavy atom. The molecule has 1 amide bonds. The summed E-state index contributed by atoms with van der Waals surface area (Å²) in [6.45, 7) is 4.76. The molecular formula is C25H28ClN3O2S. The second kappa shape index (κ2) is 10.1. The number of hydrogen-bond acceptors (Lipinski definition) is 4. The molecule has 168 valence electrons. The van der Waals surface area contributed by atoms with Crippen LogP contribution in [-0.2, 0) is 12.3 Å². The Morgan fingerprint density at radius 3 is 2.59 bits per heavy atom. The number of carbonyl (C=O) groups excluding carboxylic acids is 1. The minimum absolute atomic E-state index is 0.0648. The highest BCUT2D eigenvalue weighted by Gasteiger charge is 2.19. The molecule has 1 heterocycles. The van der Waals surface area contributed by atoms with Crippen molar-refractivity contribution in [3.63, 3.8) is 0 Å². The van der Waals surface area contributed by atoms with E-state index in [1.807, 2.05) is 24.3 Å². The third kappa shape index (κ3) is 5.36. The van der Waals surface area contributed by atoms with Gasteiger partial charge in [-0.1, -0.05) is 62.2 Å². The molecule has 1 aromatic heterocycles. The van der Waals surface area contributed by atoms with Gasteiger partial charge in [-0.15, -0.1) is 0 Å². The molecule has 32 heavy (non-hydrogen) atoms.